The van der Waals surface area contributed by atoms with E-state index in [0.29, 0.717) is 148 Å². The fraction of sp³-hybridized carbons (Fsp3) is 0.343. The second-order valence-electron chi connectivity index (χ2n) is 23.7. The summed E-state index contributed by atoms with van der Waals surface area (Å²) in [6.45, 7) is 9.05. The Morgan fingerprint density at radius 1 is 0.596 bits per heavy atom. The number of carbonyl (C=O) groups excluding carboxylic acids is 2. The summed E-state index contributed by atoms with van der Waals surface area (Å²) in [5.74, 6) is 2.25. The molecule has 2 aromatic heterocycles. The number of rotatable bonds is 24. The van der Waals surface area contributed by atoms with Gasteiger partial charge in [0.05, 0.1) is 56.8 Å². The average molecular weight is 1390 g/mol. The summed E-state index contributed by atoms with van der Waals surface area (Å²) in [5, 5.41) is 29.3. The van der Waals surface area contributed by atoms with Crippen LogP contribution in [0.4, 0.5) is 31.5 Å². The molecule has 0 amide bonds. The predicted molar refractivity (Wildman–Crippen MR) is 368 cm³/mol. The van der Waals surface area contributed by atoms with Crippen LogP contribution in [0.5, 0.6) is 23.0 Å². The summed E-state index contributed by atoms with van der Waals surface area (Å²) in [5.41, 5.74) is 6.88. The summed E-state index contributed by atoms with van der Waals surface area (Å²) in [7, 11) is 7.15. The van der Waals surface area contributed by atoms with E-state index in [1.165, 1.54) is 36.7 Å². The van der Waals surface area contributed by atoms with Crippen LogP contribution in [-0.2, 0) is 54.6 Å². The molecule has 0 radical (unpaired) electrons. The minimum atomic E-state index is -0.683. The van der Waals surface area contributed by atoms with E-state index in [2.05, 4.69) is 32.7 Å². The molecular formula is C70H66Cl2F2N6O10S4. The molecule has 0 unspecified atom stereocenters. The van der Waals surface area contributed by atoms with Crippen LogP contribution in [0.1, 0.15) is 86.8 Å². The summed E-state index contributed by atoms with van der Waals surface area (Å²) in [6, 6.07) is 34.6. The Kier molecular flexibility index (Phi) is 22.7. The third-order valence-electron chi connectivity index (χ3n) is 15.4. The van der Waals surface area contributed by atoms with Crippen molar-refractivity contribution in [1.82, 2.24) is 9.97 Å². The maximum atomic E-state index is 13.6. The standard InChI is InChI=1S/2C35H33ClFN3O5S2/c2*1-35(2)44-20-27(45-35)19-43-33-15-31-29(12-22(33)11-26(41)14-28-8-9-46-47-28)34(23(16-38)17-39-31)40-25-6-7-32(30(36)13-25)42-18-21-4-3-5-24(37)10-21/h2*3-7,10,12-13,15,17,27-28H,8-9,11,14,18-20H2,1-2H3,(H,39,40)/t27-,28+;27-,28-/m00/s1. The number of nitrogens with one attached hydrogen (secondary N) is 2. The van der Waals surface area contributed by atoms with Gasteiger partial charge in [0.25, 0.3) is 0 Å². The minimum absolute atomic E-state index is 0.121. The molecule has 4 aliphatic rings. The Morgan fingerprint density at radius 2 is 1.03 bits per heavy atom. The SMILES string of the molecule is CC1(C)OC[C@H](COc2cc3ncc(C#N)c(Nc4ccc(OCc5cccc(F)c5)c(Cl)c4)c3cc2CC(=O)C[C@@H]2CCSS2)O1.CC1(C)OC[C@H](COc2cc3ncc(C#N)c(Nc4ccc(OCc5cccc(F)c5)c(Cl)c4)c3cc2CC(=O)C[C@H]2CCSS2)O1. The molecule has 0 aliphatic carbocycles. The van der Waals surface area contributed by atoms with E-state index in [1.54, 1.807) is 104 Å². The lowest BCUT2D eigenvalue weighted by molar-refractivity contribution is -0.141. The lowest BCUT2D eigenvalue weighted by Gasteiger charge is -2.19. The Hall–Kier alpha value is -7.06. The van der Waals surface area contributed by atoms with Crippen LogP contribution in [0, 0.1) is 34.3 Å². The highest BCUT2D eigenvalue weighted by Gasteiger charge is 2.35. The molecular weight excluding hydrogens is 1320 g/mol. The first-order chi connectivity index (χ1) is 45.3. The van der Waals surface area contributed by atoms with Crippen LogP contribution >= 0.6 is 66.4 Å². The Bertz CT molecular complexity index is 3920. The molecule has 24 heteroatoms. The molecule has 4 aliphatic heterocycles. The highest BCUT2D eigenvalue weighted by Crippen LogP contribution is 2.43. The van der Waals surface area contributed by atoms with Crippen LogP contribution in [-0.4, -0.2) is 93.7 Å². The number of hydrogen-bond acceptors (Lipinski definition) is 20. The lowest BCUT2D eigenvalue weighted by Crippen LogP contribution is -2.25. The molecule has 94 heavy (non-hydrogen) atoms. The summed E-state index contributed by atoms with van der Waals surface area (Å²) in [4.78, 5) is 35.7. The number of Topliss-reactive ketones (excluding diaryl/α,β-unsaturated/α-hetero) is 2. The van der Waals surface area contributed by atoms with Crippen molar-refractivity contribution in [3.05, 3.63) is 177 Å². The van der Waals surface area contributed by atoms with Crippen molar-refractivity contribution in [1.29, 1.82) is 10.5 Å². The van der Waals surface area contributed by atoms with Gasteiger partial charge in [0.1, 0.15) is 97.0 Å². The highest BCUT2D eigenvalue weighted by molar-refractivity contribution is 8.77. The molecule has 16 nitrogen and oxygen atoms in total. The monoisotopic (exact) mass is 1390 g/mol. The summed E-state index contributed by atoms with van der Waals surface area (Å²) in [6.07, 6.45) is 5.84. The Balaban J connectivity index is 0.000000192. The molecule has 8 aromatic rings. The number of anilines is 4. The van der Waals surface area contributed by atoms with Gasteiger partial charge in [0.2, 0.25) is 0 Å². The third-order valence-corrected chi connectivity index (χ3v) is 21.9. The molecule has 6 heterocycles. The number of nitriles is 2. The molecule has 4 fully saturated rings. The van der Waals surface area contributed by atoms with E-state index in [1.807, 2.05) is 52.0 Å². The maximum absolute atomic E-state index is 13.6. The number of fused-ring (bicyclic) bond motifs is 2. The normalized spacial score (nSPS) is 18.6. The Labute approximate surface area is 569 Å². The first kappa shape index (κ1) is 68.3. The van der Waals surface area contributed by atoms with Crippen molar-refractivity contribution >= 4 is 122 Å². The smallest absolute Gasteiger partial charge is 0.163 e. The van der Waals surface area contributed by atoms with Crippen molar-refractivity contribution in [3.63, 3.8) is 0 Å². The quantitative estimate of drug-likeness (QED) is 0.0540. The van der Waals surface area contributed by atoms with E-state index in [4.69, 9.17) is 61.1 Å². The number of ether oxygens (including phenoxy) is 8. The molecule has 488 valence electrons. The van der Waals surface area contributed by atoms with Gasteiger partial charge >= 0.3 is 0 Å². The van der Waals surface area contributed by atoms with Crippen LogP contribution in [0.15, 0.2) is 122 Å². The van der Waals surface area contributed by atoms with Gasteiger partial charge in [-0.1, -0.05) is 90.6 Å². The minimum Gasteiger partial charge on any atom is -0.490 e. The number of halogens is 4. The molecule has 2 N–H and O–H groups in total. The van der Waals surface area contributed by atoms with E-state index in [9.17, 15) is 28.9 Å². The molecule has 4 atom stereocenters. The fourth-order valence-electron chi connectivity index (χ4n) is 10.9. The number of nitrogens with zero attached hydrogens (tertiary/aromatic N) is 4. The third kappa shape index (κ3) is 18.3. The number of hydrogen-bond donors (Lipinski definition) is 2. The summed E-state index contributed by atoms with van der Waals surface area (Å²) >= 11 is 13.1. The van der Waals surface area contributed by atoms with Crippen LogP contribution in [0.25, 0.3) is 21.8 Å². The van der Waals surface area contributed by atoms with E-state index < -0.39 is 11.6 Å². The van der Waals surface area contributed by atoms with E-state index in [0.717, 1.165) is 24.3 Å². The molecule has 0 spiro atoms. The van der Waals surface area contributed by atoms with Crippen LogP contribution in [0.3, 0.4) is 0 Å². The highest BCUT2D eigenvalue weighted by atomic mass is 35.5. The molecule has 0 bridgehead atoms. The number of ketones is 2. The summed E-state index contributed by atoms with van der Waals surface area (Å²) < 4.78 is 74.5. The first-order valence-electron chi connectivity index (χ1n) is 30.4. The van der Waals surface area contributed by atoms with Crippen LogP contribution < -0.4 is 29.6 Å². The van der Waals surface area contributed by atoms with Crippen molar-refractivity contribution in [3.8, 4) is 35.1 Å². The molecule has 6 aromatic carbocycles. The van der Waals surface area contributed by atoms with Gasteiger partial charge in [-0.2, -0.15) is 10.5 Å². The number of benzene rings is 6. The maximum Gasteiger partial charge on any atom is 0.163 e. The predicted octanol–water partition coefficient (Wildman–Crippen LogP) is 16.8. The second kappa shape index (κ2) is 31.2. The van der Waals surface area contributed by atoms with Gasteiger partial charge in [0.15, 0.2) is 11.6 Å². The van der Waals surface area contributed by atoms with Gasteiger partial charge < -0.3 is 48.5 Å². The number of carbonyl (C=O) groups is 2. The number of aromatic nitrogens is 2. The van der Waals surface area contributed by atoms with Crippen molar-refractivity contribution < 1.29 is 56.3 Å². The van der Waals surface area contributed by atoms with Crippen molar-refractivity contribution in [2.75, 3.05) is 48.6 Å². The van der Waals surface area contributed by atoms with Crippen LogP contribution in [0.2, 0.25) is 10.0 Å². The Morgan fingerprint density at radius 3 is 1.39 bits per heavy atom. The largest absolute Gasteiger partial charge is 0.490 e. The van der Waals surface area contributed by atoms with Crippen molar-refractivity contribution in [2.45, 2.75) is 114 Å². The van der Waals surface area contributed by atoms with Gasteiger partial charge in [-0.3, -0.25) is 19.6 Å². The zero-order chi connectivity index (χ0) is 65.9. The molecule has 12 rings (SSSR count). The van der Waals surface area contributed by atoms with Gasteiger partial charge in [0, 0.05) is 105 Å². The first-order valence-corrected chi connectivity index (χ1v) is 35.9. The average Bonchev–Trinajstić information content (AvgIpc) is 0.921. The topological polar surface area (TPSA) is 205 Å². The van der Waals surface area contributed by atoms with Gasteiger partial charge in [-0.05, 0) is 124 Å². The second-order valence-corrected chi connectivity index (χ2v) is 30.1. The molecule has 4 saturated heterocycles. The van der Waals surface area contributed by atoms with E-state index >= 15 is 0 Å². The fourth-order valence-corrected chi connectivity index (χ4v) is 17.3. The van der Waals surface area contributed by atoms with Gasteiger partial charge in [-0.25, -0.2) is 8.78 Å². The van der Waals surface area contributed by atoms with Crippen molar-refractivity contribution in [2.24, 2.45) is 0 Å². The van der Waals surface area contributed by atoms with Gasteiger partial charge in [-0.15, -0.1) is 0 Å². The zero-order valence-corrected chi connectivity index (χ0v) is 56.5. The zero-order valence-electron chi connectivity index (χ0n) is 51.8. The number of pyridine rings is 2. The van der Waals surface area contributed by atoms with E-state index in [-0.39, 0.29) is 74.7 Å². The molecule has 0 saturated carbocycles. The lowest BCUT2D eigenvalue weighted by atomic mass is 10.00.